The highest BCUT2D eigenvalue weighted by Gasteiger charge is 2.44. The van der Waals surface area contributed by atoms with Gasteiger partial charge in [0.25, 0.3) is 0 Å². The number of sulfone groups is 1. The summed E-state index contributed by atoms with van der Waals surface area (Å²) >= 11 is 0. The first-order chi connectivity index (χ1) is 21.5. The van der Waals surface area contributed by atoms with Crippen LogP contribution < -0.4 is 0 Å². The second-order valence-electron chi connectivity index (χ2n) is 14.4. The topological polar surface area (TPSA) is 109 Å². The van der Waals surface area contributed by atoms with E-state index in [1.54, 1.807) is 12.3 Å². The summed E-state index contributed by atoms with van der Waals surface area (Å²) in [5.41, 5.74) is 5.08. The zero-order chi connectivity index (χ0) is 33.9. The molecule has 0 aliphatic carbocycles. The summed E-state index contributed by atoms with van der Waals surface area (Å²) in [6, 6.07) is 10.6. The zero-order valence-corrected chi connectivity index (χ0v) is 32.1. The molecule has 46 heavy (non-hydrogen) atoms. The lowest BCUT2D eigenvalue weighted by atomic mass is 10.1. The number of hydrogen-bond donors (Lipinski definition) is 0. The molecule has 0 fully saturated rings. The van der Waals surface area contributed by atoms with Gasteiger partial charge in [0.15, 0.2) is 8.32 Å². The molecule has 4 aromatic rings. The molecule has 0 aliphatic heterocycles. The van der Waals surface area contributed by atoms with Crippen LogP contribution in [0.15, 0.2) is 52.4 Å². The van der Waals surface area contributed by atoms with Gasteiger partial charge in [0.1, 0.15) is 18.1 Å². The van der Waals surface area contributed by atoms with E-state index in [0.29, 0.717) is 53.3 Å². The standard InChI is InChI=1S/C34H52N4O5SSi2/c1-24(2)46(25(3)4,26(5)6)43-18-11-12-31-37-32(28-13-14-30-27(22-28)16-19-42-30)33(38(31)23-41-20-21-45(8,9)10)29-15-17-35-34(36-29)44(7,39)40/h13-17,19,22,24-26H,11-12,18,20-21,23H2,1-10H3. The van der Waals surface area contributed by atoms with Gasteiger partial charge in [-0.05, 0) is 59.4 Å². The lowest BCUT2D eigenvalue weighted by Crippen LogP contribution is -2.48. The van der Waals surface area contributed by atoms with E-state index < -0.39 is 26.2 Å². The highest BCUT2D eigenvalue weighted by atomic mass is 32.2. The van der Waals surface area contributed by atoms with E-state index in [-0.39, 0.29) is 11.9 Å². The number of rotatable bonds is 16. The van der Waals surface area contributed by atoms with Gasteiger partial charge in [-0.15, -0.1) is 0 Å². The Labute approximate surface area is 277 Å². The molecule has 0 atom stereocenters. The second kappa shape index (κ2) is 14.6. The quantitative estimate of drug-likeness (QED) is 0.0656. The number of fused-ring (bicyclic) bond motifs is 1. The van der Waals surface area contributed by atoms with E-state index in [1.165, 1.54) is 6.20 Å². The third-order valence-corrected chi connectivity index (χ3v) is 17.5. The number of aryl methyl sites for hydroxylation is 1. The maximum atomic E-state index is 12.5. The molecule has 0 N–H and O–H groups in total. The van der Waals surface area contributed by atoms with Crippen LogP contribution >= 0.6 is 0 Å². The summed E-state index contributed by atoms with van der Waals surface area (Å²) in [6.45, 7) is 22.4. The van der Waals surface area contributed by atoms with E-state index in [9.17, 15) is 8.42 Å². The van der Waals surface area contributed by atoms with Crippen LogP contribution in [-0.2, 0) is 32.2 Å². The van der Waals surface area contributed by atoms with Crippen LogP contribution in [0.5, 0.6) is 0 Å². The first-order valence-electron chi connectivity index (χ1n) is 16.4. The first kappa shape index (κ1) is 36.2. The fourth-order valence-electron chi connectivity index (χ4n) is 6.57. The third-order valence-electron chi connectivity index (χ3n) is 8.80. The van der Waals surface area contributed by atoms with E-state index in [2.05, 4.69) is 75.7 Å². The van der Waals surface area contributed by atoms with Crippen molar-refractivity contribution in [2.24, 2.45) is 0 Å². The van der Waals surface area contributed by atoms with Gasteiger partial charge in [0.2, 0.25) is 15.0 Å². The summed E-state index contributed by atoms with van der Waals surface area (Å²) in [4.78, 5) is 13.8. The lowest BCUT2D eigenvalue weighted by Gasteiger charge is -2.42. The number of aromatic nitrogens is 4. The van der Waals surface area contributed by atoms with Crippen molar-refractivity contribution in [3.05, 3.63) is 48.6 Å². The minimum atomic E-state index is -3.63. The Kier molecular flexibility index (Phi) is 11.5. The molecule has 3 aromatic heterocycles. The van der Waals surface area contributed by atoms with E-state index in [1.807, 2.05) is 24.3 Å². The molecule has 0 aliphatic rings. The molecule has 0 saturated carbocycles. The van der Waals surface area contributed by atoms with E-state index in [4.69, 9.17) is 18.6 Å². The summed E-state index contributed by atoms with van der Waals surface area (Å²) in [6.07, 6.45) is 5.75. The molecule has 0 bridgehead atoms. The molecule has 0 saturated heterocycles. The smallest absolute Gasteiger partial charge is 0.247 e. The van der Waals surface area contributed by atoms with Gasteiger partial charge in [-0.25, -0.2) is 23.4 Å². The molecule has 3 heterocycles. The van der Waals surface area contributed by atoms with Crippen molar-refractivity contribution in [3.8, 4) is 22.6 Å². The number of benzene rings is 1. The van der Waals surface area contributed by atoms with Crippen molar-refractivity contribution < 1.29 is 22.0 Å². The molecule has 1 aromatic carbocycles. The maximum absolute atomic E-state index is 12.5. The Morgan fingerprint density at radius 2 is 1.63 bits per heavy atom. The monoisotopic (exact) mass is 684 g/mol. The highest BCUT2D eigenvalue weighted by molar-refractivity contribution is 7.90. The molecule has 0 unspecified atom stereocenters. The van der Waals surface area contributed by atoms with Crippen LogP contribution in [-0.4, -0.2) is 63.8 Å². The molecule has 0 radical (unpaired) electrons. The Bertz CT molecular complexity index is 1700. The average molecular weight is 685 g/mol. The van der Waals surface area contributed by atoms with Gasteiger partial charge in [-0.2, -0.15) is 0 Å². The molecular formula is C34H52N4O5SSi2. The SMILES string of the molecule is CC(C)[Si](OCCCc1nc(-c2ccc3occc3c2)c(-c2ccnc(S(C)(=O)=O)n2)n1COCC[Si](C)(C)C)(C(C)C)C(C)C. The number of furan rings is 1. The zero-order valence-electron chi connectivity index (χ0n) is 29.3. The molecule has 12 heteroatoms. The number of imidazole rings is 1. The van der Waals surface area contributed by atoms with Crippen LogP contribution in [0.2, 0.25) is 42.3 Å². The predicted octanol–water partition coefficient (Wildman–Crippen LogP) is 8.59. The van der Waals surface area contributed by atoms with Crippen molar-refractivity contribution in [2.45, 2.75) is 109 Å². The van der Waals surface area contributed by atoms with E-state index >= 15 is 0 Å². The molecule has 9 nitrogen and oxygen atoms in total. The first-order valence-corrected chi connectivity index (χ1v) is 24.1. The Morgan fingerprint density at radius 3 is 2.26 bits per heavy atom. The largest absolute Gasteiger partial charge is 0.464 e. The van der Waals surface area contributed by atoms with Crippen LogP contribution in [0.25, 0.3) is 33.6 Å². The Morgan fingerprint density at radius 1 is 0.935 bits per heavy atom. The van der Waals surface area contributed by atoms with E-state index in [0.717, 1.165) is 41.1 Å². The predicted molar refractivity (Wildman–Crippen MR) is 191 cm³/mol. The summed E-state index contributed by atoms with van der Waals surface area (Å²) in [7, 11) is -6.95. The normalized spacial score (nSPS) is 13.2. The van der Waals surface area contributed by atoms with Crippen LogP contribution in [0.4, 0.5) is 0 Å². The van der Waals surface area contributed by atoms with Gasteiger partial charge >= 0.3 is 0 Å². The van der Waals surface area contributed by atoms with Crippen LogP contribution in [0, 0.1) is 0 Å². The number of ether oxygens (including phenoxy) is 1. The number of hydrogen-bond acceptors (Lipinski definition) is 8. The summed E-state index contributed by atoms with van der Waals surface area (Å²) in [5.74, 6) is 0.847. The average Bonchev–Trinajstić information content (AvgIpc) is 3.58. The molecule has 4 rings (SSSR count). The fraction of sp³-hybridized carbons (Fsp3) is 0.559. The van der Waals surface area contributed by atoms with Crippen LogP contribution in [0.1, 0.15) is 53.8 Å². The van der Waals surface area contributed by atoms with Gasteiger partial charge in [-0.3, -0.25) is 0 Å². The van der Waals surface area contributed by atoms with Gasteiger partial charge in [0, 0.05) is 51.1 Å². The summed E-state index contributed by atoms with van der Waals surface area (Å²) in [5, 5.41) is 0.733. The van der Waals surface area contributed by atoms with Crippen molar-refractivity contribution >= 4 is 37.2 Å². The van der Waals surface area contributed by atoms with Crippen LogP contribution in [0.3, 0.4) is 0 Å². The lowest BCUT2D eigenvalue weighted by molar-refractivity contribution is 0.0859. The van der Waals surface area contributed by atoms with Crippen molar-refractivity contribution in [3.63, 3.8) is 0 Å². The van der Waals surface area contributed by atoms with Gasteiger partial charge in [0.05, 0.1) is 23.3 Å². The molecule has 0 spiro atoms. The number of nitrogens with zero attached hydrogens (tertiary/aromatic N) is 4. The van der Waals surface area contributed by atoms with Gasteiger partial charge in [-0.1, -0.05) is 61.2 Å². The Balaban J connectivity index is 1.79. The molecule has 252 valence electrons. The van der Waals surface area contributed by atoms with Crippen molar-refractivity contribution in [2.75, 3.05) is 19.5 Å². The minimum absolute atomic E-state index is 0.221. The molecule has 0 amide bonds. The van der Waals surface area contributed by atoms with Crippen molar-refractivity contribution in [1.29, 1.82) is 0 Å². The highest BCUT2D eigenvalue weighted by Crippen LogP contribution is 2.42. The minimum Gasteiger partial charge on any atom is -0.464 e. The van der Waals surface area contributed by atoms with Gasteiger partial charge < -0.3 is 18.1 Å². The third kappa shape index (κ3) is 8.25. The summed E-state index contributed by atoms with van der Waals surface area (Å²) < 4.78 is 45.9. The molecular weight excluding hydrogens is 633 g/mol. The maximum Gasteiger partial charge on any atom is 0.247 e. The fourth-order valence-corrected chi connectivity index (χ4v) is 13.3. The second-order valence-corrected chi connectivity index (χ2v) is 27.4. The Hall–Kier alpha value is -2.65. The van der Waals surface area contributed by atoms with Crippen molar-refractivity contribution in [1.82, 2.24) is 19.5 Å².